The van der Waals surface area contributed by atoms with Crippen molar-refractivity contribution in [3.8, 4) is 11.3 Å². The van der Waals surface area contributed by atoms with Gasteiger partial charge in [-0.25, -0.2) is 14.9 Å². The van der Waals surface area contributed by atoms with Crippen LogP contribution in [0.3, 0.4) is 0 Å². The molecular weight excluding hydrogens is 306 g/mol. The molecule has 3 aromatic heterocycles. The summed E-state index contributed by atoms with van der Waals surface area (Å²) in [6, 6.07) is 13.5. The number of fused-ring (bicyclic) bond motifs is 1. The Kier molecular flexibility index (Phi) is 3.34. The maximum absolute atomic E-state index is 11.2. The van der Waals surface area contributed by atoms with Gasteiger partial charge in [0.25, 0.3) is 0 Å². The normalized spacial score (nSPS) is 12.4. The second-order valence-corrected chi connectivity index (χ2v) is 5.42. The first-order valence-corrected chi connectivity index (χ1v) is 7.52. The molecule has 0 amide bonds. The first-order chi connectivity index (χ1) is 11.7. The van der Waals surface area contributed by atoms with E-state index < -0.39 is 0 Å². The Morgan fingerprint density at radius 3 is 2.79 bits per heavy atom. The monoisotopic (exact) mass is 321 g/mol. The standard InChI is InChI=1S/C16H15N7O/c1-10(15-20-16(24)22-21-15)18-14-9-12(11-5-3-2-4-6-11)19-13-7-8-17-23(13)14/h2-10,18H,1H3,(H2,20,21,22,24)/t10-/m0/s1. The lowest BCUT2D eigenvalue weighted by Crippen LogP contribution is -2.13. The fourth-order valence-corrected chi connectivity index (χ4v) is 2.55. The summed E-state index contributed by atoms with van der Waals surface area (Å²) >= 11 is 0. The van der Waals surface area contributed by atoms with Crippen molar-refractivity contribution in [3.05, 3.63) is 65.0 Å². The third-order valence-corrected chi connectivity index (χ3v) is 3.72. The van der Waals surface area contributed by atoms with E-state index in [2.05, 4.69) is 30.6 Å². The molecular formula is C16H15N7O. The van der Waals surface area contributed by atoms with Crippen LogP contribution in [0.4, 0.5) is 5.82 Å². The lowest BCUT2D eigenvalue weighted by Gasteiger charge is -2.14. The maximum atomic E-state index is 11.2. The second kappa shape index (κ2) is 5.65. The van der Waals surface area contributed by atoms with Crippen molar-refractivity contribution in [2.24, 2.45) is 0 Å². The largest absolute Gasteiger partial charge is 0.360 e. The van der Waals surface area contributed by atoms with Crippen LogP contribution in [0.1, 0.15) is 18.8 Å². The molecule has 1 atom stereocenters. The van der Waals surface area contributed by atoms with Crippen molar-refractivity contribution in [2.45, 2.75) is 13.0 Å². The molecule has 0 aliphatic carbocycles. The van der Waals surface area contributed by atoms with Gasteiger partial charge in [-0.15, -0.1) is 0 Å². The smallest absolute Gasteiger partial charge is 0.340 e. The molecule has 0 bridgehead atoms. The molecule has 3 N–H and O–H groups in total. The van der Waals surface area contributed by atoms with Gasteiger partial charge in [-0.2, -0.15) is 14.7 Å². The highest BCUT2D eigenvalue weighted by atomic mass is 16.1. The summed E-state index contributed by atoms with van der Waals surface area (Å²) in [5.74, 6) is 1.29. The average molecular weight is 321 g/mol. The molecule has 8 heteroatoms. The Morgan fingerprint density at radius 2 is 2.04 bits per heavy atom. The van der Waals surface area contributed by atoms with E-state index in [4.69, 9.17) is 0 Å². The van der Waals surface area contributed by atoms with Crippen molar-refractivity contribution in [1.82, 2.24) is 29.8 Å². The van der Waals surface area contributed by atoms with Crippen LogP contribution in [0, 0.1) is 0 Å². The summed E-state index contributed by atoms with van der Waals surface area (Å²) in [7, 11) is 0. The van der Waals surface area contributed by atoms with E-state index in [0.717, 1.165) is 22.7 Å². The summed E-state index contributed by atoms with van der Waals surface area (Å²) in [6.45, 7) is 1.91. The molecule has 0 saturated heterocycles. The minimum absolute atomic E-state index is 0.206. The Labute approximate surface area is 136 Å². The molecule has 0 saturated carbocycles. The number of nitrogens with zero attached hydrogens (tertiary/aromatic N) is 4. The van der Waals surface area contributed by atoms with Crippen LogP contribution >= 0.6 is 0 Å². The van der Waals surface area contributed by atoms with Crippen LogP contribution in [0.15, 0.2) is 53.5 Å². The number of aromatic nitrogens is 6. The third-order valence-electron chi connectivity index (χ3n) is 3.72. The van der Waals surface area contributed by atoms with Crippen molar-refractivity contribution in [3.63, 3.8) is 0 Å². The summed E-state index contributed by atoms with van der Waals surface area (Å²) in [5.41, 5.74) is 2.27. The number of benzene rings is 1. The van der Waals surface area contributed by atoms with Crippen LogP contribution in [-0.2, 0) is 0 Å². The number of aromatic amines is 2. The minimum atomic E-state index is -0.331. The SMILES string of the molecule is C[C@H](Nc1cc(-c2ccccc2)nc2ccnn12)c1n[nH]c(=O)[nH]1. The zero-order valence-electron chi connectivity index (χ0n) is 12.9. The lowest BCUT2D eigenvalue weighted by molar-refractivity contribution is 0.777. The predicted octanol–water partition coefficient (Wildman–Crippen LogP) is 1.98. The molecule has 24 heavy (non-hydrogen) atoms. The molecule has 0 aliphatic rings. The molecule has 0 radical (unpaired) electrons. The van der Waals surface area contributed by atoms with E-state index in [1.165, 1.54) is 0 Å². The predicted molar refractivity (Wildman–Crippen MR) is 89.7 cm³/mol. The van der Waals surface area contributed by atoms with Crippen molar-refractivity contribution >= 4 is 11.5 Å². The van der Waals surface area contributed by atoms with Crippen LogP contribution in [0.25, 0.3) is 16.9 Å². The van der Waals surface area contributed by atoms with E-state index in [-0.39, 0.29) is 11.7 Å². The van der Waals surface area contributed by atoms with Gasteiger partial charge in [0.2, 0.25) is 0 Å². The maximum Gasteiger partial charge on any atom is 0.340 e. The lowest BCUT2D eigenvalue weighted by atomic mass is 10.1. The van der Waals surface area contributed by atoms with Gasteiger partial charge in [0, 0.05) is 17.7 Å². The Morgan fingerprint density at radius 1 is 1.21 bits per heavy atom. The minimum Gasteiger partial charge on any atom is -0.360 e. The van der Waals surface area contributed by atoms with Crippen molar-refractivity contribution in [1.29, 1.82) is 0 Å². The Balaban J connectivity index is 1.76. The molecule has 4 aromatic rings. The fourth-order valence-electron chi connectivity index (χ4n) is 2.55. The third kappa shape index (κ3) is 2.54. The van der Waals surface area contributed by atoms with E-state index >= 15 is 0 Å². The quantitative estimate of drug-likeness (QED) is 0.533. The van der Waals surface area contributed by atoms with Gasteiger partial charge in [-0.05, 0) is 6.92 Å². The molecule has 0 fully saturated rings. The van der Waals surface area contributed by atoms with Gasteiger partial charge >= 0.3 is 5.69 Å². The zero-order chi connectivity index (χ0) is 16.5. The molecule has 0 spiro atoms. The number of hydrogen-bond acceptors (Lipinski definition) is 5. The van der Waals surface area contributed by atoms with Gasteiger partial charge in [-0.1, -0.05) is 30.3 Å². The van der Waals surface area contributed by atoms with E-state index in [1.807, 2.05) is 49.4 Å². The van der Waals surface area contributed by atoms with Gasteiger partial charge in [-0.3, -0.25) is 4.98 Å². The van der Waals surface area contributed by atoms with E-state index in [9.17, 15) is 4.79 Å². The molecule has 0 unspecified atom stereocenters. The summed E-state index contributed by atoms with van der Waals surface area (Å²) < 4.78 is 1.72. The molecule has 3 heterocycles. The van der Waals surface area contributed by atoms with E-state index in [1.54, 1.807) is 10.7 Å². The van der Waals surface area contributed by atoms with Gasteiger partial charge in [0.05, 0.1) is 17.9 Å². The molecule has 4 rings (SSSR count). The van der Waals surface area contributed by atoms with E-state index in [0.29, 0.717) is 5.82 Å². The number of H-pyrrole nitrogens is 2. The fraction of sp³-hybridized carbons (Fsp3) is 0.125. The highest BCUT2D eigenvalue weighted by Crippen LogP contribution is 2.24. The highest BCUT2D eigenvalue weighted by Gasteiger charge is 2.13. The first kappa shape index (κ1) is 14.2. The topological polar surface area (TPSA) is 104 Å². The molecule has 1 aromatic carbocycles. The zero-order valence-corrected chi connectivity index (χ0v) is 12.9. The number of anilines is 1. The Bertz CT molecular complexity index is 1030. The molecule has 120 valence electrons. The average Bonchev–Trinajstić information content (AvgIpc) is 3.24. The number of hydrogen-bond donors (Lipinski definition) is 3. The van der Waals surface area contributed by atoms with Crippen molar-refractivity contribution in [2.75, 3.05) is 5.32 Å². The van der Waals surface area contributed by atoms with Crippen molar-refractivity contribution < 1.29 is 0 Å². The molecule has 8 nitrogen and oxygen atoms in total. The number of rotatable bonds is 4. The number of nitrogens with one attached hydrogen (secondary N) is 3. The Hall–Kier alpha value is -3.42. The molecule has 0 aliphatic heterocycles. The second-order valence-electron chi connectivity index (χ2n) is 5.42. The van der Waals surface area contributed by atoms with Crippen LogP contribution in [0.5, 0.6) is 0 Å². The summed E-state index contributed by atoms with van der Waals surface area (Å²) in [6.07, 6.45) is 1.70. The van der Waals surface area contributed by atoms with Gasteiger partial charge in [0.15, 0.2) is 11.5 Å². The van der Waals surface area contributed by atoms with Gasteiger partial charge in [0.1, 0.15) is 5.82 Å². The summed E-state index contributed by atoms with van der Waals surface area (Å²) in [5, 5.41) is 13.9. The summed E-state index contributed by atoms with van der Waals surface area (Å²) in [4.78, 5) is 18.5. The van der Waals surface area contributed by atoms with Crippen LogP contribution in [-0.4, -0.2) is 29.8 Å². The first-order valence-electron chi connectivity index (χ1n) is 7.52. The van der Waals surface area contributed by atoms with Gasteiger partial charge < -0.3 is 5.32 Å². The van der Waals surface area contributed by atoms with Crippen LogP contribution < -0.4 is 11.0 Å². The highest BCUT2D eigenvalue weighted by molar-refractivity contribution is 5.66. The van der Waals surface area contributed by atoms with Crippen LogP contribution in [0.2, 0.25) is 0 Å².